The molecule has 3 nitrogen and oxygen atoms in total. The molecule has 2 aromatic heterocycles. The Balaban J connectivity index is 1.21. The minimum atomic E-state index is 0.0299. The van der Waals surface area contributed by atoms with E-state index in [0.717, 1.165) is 50.5 Å². The molecule has 0 saturated carbocycles. The fourth-order valence-electron chi connectivity index (χ4n) is 7.77. The van der Waals surface area contributed by atoms with Crippen LogP contribution in [0.25, 0.3) is 67.4 Å². The van der Waals surface area contributed by atoms with E-state index in [-0.39, 0.29) is 16.2 Å². The van der Waals surface area contributed by atoms with Gasteiger partial charge in [-0.05, 0) is 86.0 Å². The highest BCUT2D eigenvalue weighted by molar-refractivity contribution is 5.78. The van der Waals surface area contributed by atoms with E-state index < -0.39 is 0 Å². The van der Waals surface area contributed by atoms with Crippen LogP contribution in [0.4, 0.5) is 0 Å². The molecule has 2 heterocycles. The Labute approximate surface area is 302 Å². The van der Waals surface area contributed by atoms with E-state index in [1.54, 1.807) is 0 Å². The van der Waals surface area contributed by atoms with Crippen molar-refractivity contribution >= 4 is 0 Å². The highest BCUT2D eigenvalue weighted by Crippen LogP contribution is 2.61. The van der Waals surface area contributed by atoms with Crippen molar-refractivity contribution in [3.8, 4) is 67.4 Å². The summed E-state index contributed by atoms with van der Waals surface area (Å²) in [6, 6.07) is 51.4. The van der Waals surface area contributed by atoms with Crippen LogP contribution in [0, 0.1) is 5.41 Å². The van der Waals surface area contributed by atoms with Gasteiger partial charge in [-0.3, -0.25) is 4.98 Å². The molecule has 0 aliphatic heterocycles. The van der Waals surface area contributed by atoms with E-state index in [1.807, 2.05) is 18.3 Å². The van der Waals surface area contributed by atoms with E-state index >= 15 is 0 Å². The number of hydrogen-bond donors (Lipinski definition) is 0. The SMILES string of the molecule is CC1(C)c2ccc(-c3ccc(-c4nc(-c5cccc(-c6ccccc6)c5)cc(-c5cccc(-c6ccccc6)c5)n4)cn3)cc2C(C)(C)C1(C)C. The van der Waals surface area contributed by atoms with Gasteiger partial charge in [0.2, 0.25) is 0 Å². The Bertz CT molecular complexity index is 2270. The van der Waals surface area contributed by atoms with Crippen LogP contribution in [0.3, 0.4) is 0 Å². The number of hydrogen-bond acceptors (Lipinski definition) is 3. The molecular formula is C48H43N3. The van der Waals surface area contributed by atoms with Crippen LogP contribution < -0.4 is 0 Å². The maximum Gasteiger partial charge on any atom is 0.161 e. The van der Waals surface area contributed by atoms with Crippen LogP contribution >= 0.6 is 0 Å². The molecule has 0 unspecified atom stereocenters. The highest BCUT2D eigenvalue weighted by atomic mass is 14.9. The van der Waals surface area contributed by atoms with Crippen molar-refractivity contribution in [2.75, 3.05) is 0 Å². The molecule has 1 aliphatic carbocycles. The van der Waals surface area contributed by atoms with Gasteiger partial charge in [0.25, 0.3) is 0 Å². The van der Waals surface area contributed by atoms with Gasteiger partial charge < -0.3 is 0 Å². The Kier molecular flexibility index (Phi) is 7.83. The minimum absolute atomic E-state index is 0.0299. The third kappa shape index (κ3) is 5.58. The third-order valence-electron chi connectivity index (χ3n) is 12.1. The molecule has 3 heteroatoms. The lowest BCUT2D eigenvalue weighted by atomic mass is 9.59. The Morgan fingerprint density at radius 2 is 0.824 bits per heavy atom. The number of nitrogens with zero attached hydrogens (tertiary/aromatic N) is 3. The van der Waals surface area contributed by atoms with Gasteiger partial charge >= 0.3 is 0 Å². The summed E-state index contributed by atoms with van der Waals surface area (Å²) in [5.74, 6) is 0.648. The Morgan fingerprint density at radius 3 is 1.35 bits per heavy atom. The first-order chi connectivity index (χ1) is 24.5. The molecule has 0 radical (unpaired) electrons. The van der Waals surface area contributed by atoms with Crippen molar-refractivity contribution in [1.82, 2.24) is 15.0 Å². The first-order valence-corrected chi connectivity index (χ1v) is 17.9. The van der Waals surface area contributed by atoms with Crippen LogP contribution in [-0.4, -0.2) is 15.0 Å². The number of benzene rings is 5. The summed E-state index contributed by atoms with van der Waals surface area (Å²) in [5, 5.41) is 0. The van der Waals surface area contributed by atoms with E-state index in [2.05, 4.69) is 175 Å². The van der Waals surface area contributed by atoms with Gasteiger partial charge in [0.15, 0.2) is 5.82 Å². The van der Waals surface area contributed by atoms with Crippen LogP contribution in [0.15, 0.2) is 152 Å². The molecule has 0 saturated heterocycles. The zero-order valence-electron chi connectivity index (χ0n) is 30.3. The topological polar surface area (TPSA) is 38.7 Å². The maximum atomic E-state index is 5.16. The molecule has 0 amide bonds. The summed E-state index contributed by atoms with van der Waals surface area (Å²) < 4.78 is 0. The number of rotatable bonds is 6. The van der Waals surface area contributed by atoms with Crippen molar-refractivity contribution in [3.63, 3.8) is 0 Å². The van der Waals surface area contributed by atoms with Crippen LogP contribution in [0.5, 0.6) is 0 Å². The van der Waals surface area contributed by atoms with Crippen LogP contribution in [-0.2, 0) is 10.8 Å². The van der Waals surface area contributed by atoms with Gasteiger partial charge in [-0.15, -0.1) is 0 Å². The smallest absolute Gasteiger partial charge is 0.161 e. The number of aromatic nitrogens is 3. The summed E-state index contributed by atoms with van der Waals surface area (Å²) in [6.45, 7) is 14.3. The van der Waals surface area contributed by atoms with E-state index in [4.69, 9.17) is 15.0 Å². The predicted octanol–water partition coefficient (Wildman–Crippen LogP) is 12.5. The highest BCUT2D eigenvalue weighted by Gasteiger charge is 2.56. The molecule has 5 aromatic carbocycles. The second-order valence-corrected chi connectivity index (χ2v) is 15.4. The predicted molar refractivity (Wildman–Crippen MR) is 212 cm³/mol. The van der Waals surface area contributed by atoms with Crippen molar-refractivity contribution in [3.05, 3.63) is 163 Å². The quantitative estimate of drug-likeness (QED) is 0.178. The first-order valence-electron chi connectivity index (χ1n) is 17.9. The summed E-state index contributed by atoms with van der Waals surface area (Å²) >= 11 is 0. The summed E-state index contributed by atoms with van der Waals surface area (Å²) in [5.41, 5.74) is 14.5. The average molecular weight is 662 g/mol. The zero-order chi connectivity index (χ0) is 35.4. The molecule has 51 heavy (non-hydrogen) atoms. The second-order valence-electron chi connectivity index (χ2n) is 15.4. The Hall–Kier alpha value is -5.67. The van der Waals surface area contributed by atoms with Crippen LogP contribution in [0.2, 0.25) is 0 Å². The average Bonchev–Trinajstić information content (AvgIpc) is 3.28. The lowest BCUT2D eigenvalue weighted by Gasteiger charge is -2.44. The third-order valence-corrected chi connectivity index (χ3v) is 12.1. The molecule has 0 fully saturated rings. The standard InChI is InChI=1S/C48H43N3/c1-46(2)40-25-23-38(29-41(40)47(3,4)48(46,5)6)42-26-24-39(31-49-42)45-50-43(36-21-13-19-34(27-36)32-15-9-7-10-16-32)30-44(51-45)37-22-14-20-35(28-37)33-17-11-8-12-18-33/h7-31H,1-6H3. The zero-order valence-corrected chi connectivity index (χ0v) is 30.3. The normalized spacial score (nSPS) is 15.3. The number of pyridine rings is 1. The van der Waals surface area contributed by atoms with Crippen molar-refractivity contribution < 1.29 is 0 Å². The van der Waals surface area contributed by atoms with E-state index in [1.165, 1.54) is 22.3 Å². The van der Waals surface area contributed by atoms with E-state index in [9.17, 15) is 0 Å². The molecule has 0 N–H and O–H groups in total. The first kappa shape index (κ1) is 32.5. The molecule has 0 bridgehead atoms. The fraction of sp³-hybridized carbons (Fsp3) is 0.188. The summed E-state index contributed by atoms with van der Waals surface area (Å²) in [6.07, 6.45) is 1.92. The van der Waals surface area contributed by atoms with Gasteiger partial charge in [-0.2, -0.15) is 0 Å². The summed E-state index contributed by atoms with van der Waals surface area (Å²) in [7, 11) is 0. The maximum absolute atomic E-state index is 5.16. The Morgan fingerprint density at radius 1 is 0.353 bits per heavy atom. The molecular weight excluding hydrogens is 619 g/mol. The van der Waals surface area contributed by atoms with Crippen molar-refractivity contribution in [2.24, 2.45) is 5.41 Å². The monoisotopic (exact) mass is 661 g/mol. The van der Waals surface area contributed by atoms with Gasteiger partial charge in [0, 0.05) is 28.5 Å². The van der Waals surface area contributed by atoms with E-state index in [0.29, 0.717) is 5.82 Å². The molecule has 0 spiro atoms. The molecule has 8 rings (SSSR count). The van der Waals surface area contributed by atoms with Gasteiger partial charge in [-0.1, -0.05) is 151 Å². The van der Waals surface area contributed by atoms with Gasteiger partial charge in [0.05, 0.1) is 17.1 Å². The van der Waals surface area contributed by atoms with Crippen molar-refractivity contribution in [1.29, 1.82) is 0 Å². The lowest BCUT2D eigenvalue weighted by Crippen LogP contribution is -2.42. The largest absolute Gasteiger partial charge is 0.255 e. The molecule has 0 atom stereocenters. The molecule has 1 aliphatic rings. The lowest BCUT2D eigenvalue weighted by molar-refractivity contribution is 0.125. The van der Waals surface area contributed by atoms with Gasteiger partial charge in [-0.25, -0.2) is 9.97 Å². The second kappa shape index (κ2) is 12.3. The van der Waals surface area contributed by atoms with Crippen LogP contribution in [0.1, 0.15) is 52.7 Å². The number of fused-ring (bicyclic) bond motifs is 1. The molecule has 250 valence electrons. The minimum Gasteiger partial charge on any atom is -0.255 e. The van der Waals surface area contributed by atoms with Gasteiger partial charge in [0.1, 0.15) is 0 Å². The summed E-state index contributed by atoms with van der Waals surface area (Å²) in [4.78, 5) is 15.3. The van der Waals surface area contributed by atoms with Crippen molar-refractivity contribution in [2.45, 2.75) is 52.4 Å². The fourth-order valence-corrected chi connectivity index (χ4v) is 7.77. The molecule has 7 aromatic rings.